The van der Waals surface area contributed by atoms with Gasteiger partial charge in [0.1, 0.15) is 6.04 Å². The van der Waals surface area contributed by atoms with Crippen LogP contribution in [-0.4, -0.2) is 21.7 Å². The highest BCUT2D eigenvalue weighted by molar-refractivity contribution is 6.30. The van der Waals surface area contributed by atoms with Gasteiger partial charge in [-0.1, -0.05) is 30.9 Å². The van der Waals surface area contributed by atoms with Gasteiger partial charge in [-0.25, -0.2) is 0 Å². The highest BCUT2D eigenvalue weighted by atomic mass is 35.5. The third-order valence-corrected chi connectivity index (χ3v) is 3.49. The van der Waals surface area contributed by atoms with Gasteiger partial charge in [-0.2, -0.15) is 5.10 Å². The maximum Gasteiger partial charge on any atom is 0.244 e. The van der Waals surface area contributed by atoms with Crippen molar-refractivity contribution < 1.29 is 4.79 Å². The first kappa shape index (κ1) is 12.4. The molecule has 0 bridgehead atoms. The lowest BCUT2D eigenvalue weighted by molar-refractivity contribution is -0.125. The quantitative estimate of drug-likeness (QED) is 0.902. The summed E-state index contributed by atoms with van der Waals surface area (Å²) in [4.78, 5) is 12.0. The first-order valence-corrected chi connectivity index (χ1v) is 6.54. The average molecular weight is 256 g/mol. The smallest absolute Gasteiger partial charge is 0.244 e. The van der Waals surface area contributed by atoms with Crippen LogP contribution in [0.15, 0.2) is 12.4 Å². The fourth-order valence-electron chi connectivity index (χ4n) is 2.22. The number of halogens is 1. The summed E-state index contributed by atoms with van der Waals surface area (Å²) in [5.74, 6) is 0.0247. The summed E-state index contributed by atoms with van der Waals surface area (Å²) < 4.78 is 1.60. The van der Waals surface area contributed by atoms with E-state index < -0.39 is 0 Å². The summed E-state index contributed by atoms with van der Waals surface area (Å²) in [6.45, 7) is 1.83. The Hall–Kier alpha value is -1.03. The van der Waals surface area contributed by atoms with Gasteiger partial charge in [-0.05, 0) is 19.8 Å². The Bertz CT molecular complexity index is 385. The molecule has 94 valence electrons. The summed E-state index contributed by atoms with van der Waals surface area (Å²) in [6.07, 6.45) is 9.13. The lowest BCUT2D eigenvalue weighted by atomic mass is 9.95. The van der Waals surface area contributed by atoms with Gasteiger partial charge in [0.25, 0.3) is 0 Å². The van der Waals surface area contributed by atoms with Crippen LogP contribution in [0, 0.1) is 0 Å². The third-order valence-electron chi connectivity index (χ3n) is 3.30. The number of rotatable bonds is 3. The van der Waals surface area contributed by atoms with Gasteiger partial charge < -0.3 is 5.32 Å². The predicted molar refractivity (Wildman–Crippen MR) is 67.0 cm³/mol. The molecule has 17 heavy (non-hydrogen) atoms. The zero-order valence-electron chi connectivity index (χ0n) is 10.0. The number of hydrogen-bond acceptors (Lipinski definition) is 2. The number of aromatic nitrogens is 2. The molecule has 1 fully saturated rings. The maximum atomic E-state index is 12.0. The zero-order valence-corrected chi connectivity index (χ0v) is 10.8. The SMILES string of the molecule is CC(C(=O)NC1CCCCC1)n1cc(Cl)cn1. The Morgan fingerprint density at radius 2 is 2.24 bits per heavy atom. The normalized spacial score (nSPS) is 18.9. The molecule has 1 saturated carbocycles. The van der Waals surface area contributed by atoms with Gasteiger partial charge in [0.15, 0.2) is 0 Å². The summed E-state index contributed by atoms with van der Waals surface area (Å²) in [5, 5.41) is 7.69. The van der Waals surface area contributed by atoms with Crippen LogP contribution in [0.3, 0.4) is 0 Å². The lowest BCUT2D eigenvalue weighted by Crippen LogP contribution is -2.40. The van der Waals surface area contributed by atoms with Crippen molar-refractivity contribution in [2.45, 2.75) is 51.1 Å². The molecule has 0 saturated heterocycles. The molecule has 1 heterocycles. The average Bonchev–Trinajstić information content (AvgIpc) is 2.76. The van der Waals surface area contributed by atoms with E-state index in [-0.39, 0.29) is 11.9 Å². The van der Waals surface area contributed by atoms with E-state index in [9.17, 15) is 4.79 Å². The van der Waals surface area contributed by atoms with Gasteiger partial charge in [0, 0.05) is 12.2 Å². The second-order valence-corrected chi connectivity index (χ2v) is 5.09. The zero-order chi connectivity index (χ0) is 12.3. The monoisotopic (exact) mass is 255 g/mol. The van der Waals surface area contributed by atoms with Crippen LogP contribution in [0.25, 0.3) is 0 Å². The molecular formula is C12H18ClN3O. The maximum absolute atomic E-state index is 12.0. The summed E-state index contributed by atoms with van der Waals surface area (Å²) in [6, 6.07) is 0.0363. The molecule has 1 aliphatic carbocycles. The Labute approximate surface area is 106 Å². The number of nitrogens with zero attached hydrogens (tertiary/aromatic N) is 2. The molecule has 1 aliphatic rings. The molecule has 1 aromatic rings. The molecular weight excluding hydrogens is 238 g/mol. The van der Waals surface area contributed by atoms with Crippen LogP contribution >= 0.6 is 11.6 Å². The molecule has 0 radical (unpaired) electrons. The number of hydrogen-bond donors (Lipinski definition) is 1. The largest absolute Gasteiger partial charge is 0.352 e. The number of carbonyl (C=O) groups is 1. The summed E-state index contributed by atoms with van der Waals surface area (Å²) >= 11 is 5.79. The van der Waals surface area contributed by atoms with E-state index in [1.54, 1.807) is 17.1 Å². The molecule has 0 aromatic carbocycles. The molecule has 1 amide bonds. The van der Waals surface area contributed by atoms with Gasteiger partial charge >= 0.3 is 0 Å². The van der Waals surface area contributed by atoms with Crippen LogP contribution in [0.4, 0.5) is 0 Å². The van der Waals surface area contributed by atoms with E-state index in [0.29, 0.717) is 11.1 Å². The van der Waals surface area contributed by atoms with Crippen LogP contribution in [0.1, 0.15) is 45.1 Å². The molecule has 1 aromatic heterocycles. The van der Waals surface area contributed by atoms with Crippen molar-refractivity contribution in [2.24, 2.45) is 0 Å². The topological polar surface area (TPSA) is 46.9 Å². The molecule has 1 unspecified atom stereocenters. The van der Waals surface area contributed by atoms with Gasteiger partial charge in [-0.3, -0.25) is 9.48 Å². The molecule has 2 rings (SSSR count). The minimum atomic E-state index is -0.301. The fraction of sp³-hybridized carbons (Fsp3) is 0.667. The third kappa shape index (κ3) is 3.22. The predicted octanol–water partition coefficient (Wildman–Crippen LogP) is 2.55. The Kier molecular flexibility index (Phi) is 4.05. The Balaban J connectivity index is 1.90. The minimum absolute atomic E-state index is 0.0247. The van der Waals surface area contributed by atoms with E-state index >= 15 is 0 Å². The van der Waals surface area contributed by atoms with E-state index in [4.69, 9.17) is 11.6 Å². The molecule has 4 nitrogen and oxygen atoms in total. The van der Waals surface area contributed by atoms with E-state index in [1.165, 1.54) is 19.3 Å². The van der Waals surface area contributed by atoms with E-state index in [0.717, 1.165) is 12.8 Å². The van der Waals surface area contributed by atoms with Crippen molar-refractivity contribution in [1.82, 2.24) is 15.1 Å². The minimum Gasteiger partial charge on any atom is -0.352 e. The number of nitrogens with one attached hydrogen (secondary N) is 1. The Morgan fingerprint density at radius 3 is 2.82 bits per heavy atom. The van der Waals surface area contributed by atoms with Crippen LogP contribution in [-0.2, 0) is 4.79 Å². The lowest BCUT2D eigenvalue weighted by Gasteiger charge is -2.24. The first-order chi connectivity index (χ1) is 8.16. The second kappa shape index (κ2) is 5.54. The van der Waals surface area contributed by atoms with Crippen molar-refractivity contribution >= 4 is 17.5 Å². The highest BCUT2D eigenvalue weighted by Gasteiger charge is 2.20. The highest BCUT2D eigenvalue weighted by Crippen LogP contribution is 2.18. The summed E-state index contributed by atoms with van der Waals surface area (Å²) in [7, 11) is 0. The molecule has 0 spiro atoms. The molecule has 1 N–H and O–H groups in total. The van der Waals surface area contributed by atoms with Crippen LogP contribution in [0.5, 0.6) is 0 Å². The van der Waals surface area contributed by atoms with Crippen LogP contribution in [0.2, 0.25) is 5.02 Å². The fourth-order valence-corrected chi connectivity index (χ4v) is 2.36. The second-order valence-electron chi connectivity index (χ2n) is 4.66. The van der Waals surface area contributed by atoms with Crippen LogP contribution < -0.4 is 5.32 Å². The molecule has 5 heteroatoms. The standard InChI is InChI=1S/C12H18ClN3O/c1-9(16-8-10(13)7-14-16)12(17)15-11-5-3-2-4-6-11/h7-9,11H,2-6H2,1H3,(H,15,17). The molecule has 1 atom stereocenters. The van der Waals surface area contributed by atoms with Gasteiger partial charge in [0.2, 0.25) is 5.91 Å². The first-order valence-electron chi connectivity index (χ1n) is 6.17. The number of amides is 1. The van der Waals surface area contributed by atoms with Crippen molar-refractivity contribution in [3.63, 3.8) is 0 Å². The Morgan fingerprint density at radius 1 is 1.53 bits per heavy atom. The molecule has 0 aliphatic heterocycles. The summed E-state index contributed by atoms with van der Waals surface area (Å²) in [5.41, 5.74) is 0. The van der Waals surface area contributed by atoms with E-state index in [2.05, 4.69) is 10.4 Å². The van der Waals surface area contributed by atoms with Gasteiger partial charge in [-0.15, -0.1) is 0 Å². The van der Waals surface area contributed by atoms with E-state index in [1.807, 2.05) is 6.92 Å². The van der Waals surface area contributed by atoms with Crippen molar-refractivity contribution in [2.75, 3.05) is 0 Å². The number of carbonyl (C=O) groups excluding carboxylic acids is 1. The van der Waals surface area contributed by atoms with Gasteiger partial charge in [0.05, 0.1) is 11.2 Å². The van der Waals surface area contributed by atoms with Crippen molar-refractivity contribution in [1.29, 1.82) is 0 Å². The van der Waals surface area contributed by atoms with Crippen molar-refractivity contribution in [3.8, 4) is 0 Å². The van der Waals surface area contributed by atoms with Crippen molar-refractivity contribution in [3.05, 3.63) is 17.4 Å².